The van der Waals surface area contributed by atoms with Crippen molar-refractivity contribution in [3.8, 4) is 0 Å². The second-order valence-electron chi connectivity index (χ2n) is 8.97. The van der Waals surface area contributed by atoms with Gasteiger partial charge in [0.05, 0.1) is 11.9 Å². The zero-order valence-electron chi connectivity index (χ0n) is 21.6. The Morgan fingerprint density at radius 1 is 0.972 bits per heavy atom. The molecular weight excluding hydrogens is 521 g/mol. The van der Waals surface area contributed by atoms with E-state index in [1.807, 2.05) is 19.9 Å². The molecule has 0 aromatic heterocycles. The van der Waals surface area contributed by atoms with Crippen molar-refractivity contribution >= 4 is 50.7 Å². The topological polar surface area (TPSA) is 86.8 Å². The fourth-order valence-corrected chi connectivity index (χ4v) is 5.47. The van der Waals surface area contributed by atoms with Crippen molar-refractivity contribution in [1.82, 2.24) is 10.2 Å². The van der Waals surface area contributed by atoms with Crippen LogP contribution in [-0.4, -0.2) is 50.0 Å². The summed E-state index contributed by atoms with van der Waals surface area (Å²) in [6.07, 6.45) is 2.10. The molecule has 2 rings (SSSR count). The molecule has 2 atom stereocenters. The number of hydrogen-bond acceptors (Lipinski definition) is 4. The summed E-state index contributed by atoms with van der Waals surface area (Å²) < 4.78 is 26.8. The van der Waals surface area contributed by atoms with E-state index in [2.05, 4.69) is 5.32 Å². The third kappa shape index (κ3) is 7.37. The Kier molecular flexibility index (Phi) is 10.6. The van der Waals surface area contributed by atoms with E-state index in [0.29, 0.717) is 27.7 Å². The van der Waals surface area contributed by atoms with Gasteiger partial charge in [-0.15, -0.1) is 0 Å². The van der Waals surface area contributed by atoms with Crippen molar-refractivity contribution in [1.29, 1.82) is 0 Å². The lowest BCUT2D eigenvalue weighted by Gasteiger charge is -2.34. The third-order valence-corrected chi connectivity index (χ3v) is 7.97. The van der Waals surface area contributed by atoms with E-state index in [1.54, 1.807) is 51.1 Å². The van der Waals surface area contributed by atoms with Crippen molar-refractivity contribution in [2.24, 2.45) is 0 Å². The summed E-state index contributed by atoms with van der Waals surface area (Å²) in [7, 11) is -3.82. The zero-order valence-corrected chi connectivity index (χ0v) is 24.0. The number of nitrogens with zero attached hydrogens (tertiary/aromatic N) is 2. The Hall–Kier alpha value is -2.29. The molecule has 7 nitrogen and oxygen atoms in total. The SMILES string of the molecule is CC[C@H](C)NC(=O)[C@H](CC)N(Cc1c(Cl)cccc1Cl)C(=O)CN(c1c(C)cccc1C)S(C)(=O)=O. The molecule has 0 saturated heterocycles. The van der Waals surface area contributed by atoms with Crippen molar-refractivity contribution in [2.45, 2.75) is 66.1 Å². The highest BCUT2D eigenvalue weighted by molar-refractivity contribution is 7.92. The van der Waals surface area contributed by atoms with Crippen LogP contribution >= 0.6 is 23.2 Å². The number of rotatable bonds is 11. The zero-order chi connectivity index (χ0) is 27.2. The van der Waals surface area contributed by atoms with Crippen LogP contribution in [-0.2, 0) is 26.2 Å². The van der Waals surface area contributed by atoms with E-state index < -0.39 is 28.5 Å². The highest BCUT2D eigenvalue weighted by Gasteiger charge is 2.33. The van der Waals surface area contributed by atoms with E-state index in [9.17, 15) is 18.0 Å². The predicted molar refractivity (Wildman–Crippen MR) is 147 cm³/mol. The number of para-hydroxylation sites is 1. The predicted octanol–water partition coefficient (Wildman–Crippen LogP) is 5.10. The molecule has 0 spiro atoms. The first-order valence-electron chi connectivity index (χ1n) is 11.9. The van der Waals surface area contributed by atoms with E-state index in [0.717, 1.165) is 28.1 Å². The van der Waals surface area contributed by atoms with Gasteiger partial charge in [0.2, 0.25) is 21.8 Å². The Labute approximate surface area is 224 Å². The molecule has 0 aliphatic rings. The number of halogens is 2. The van der Waals surface area contributed by atoms with Crippen LogP contribution < -0.4 is 9.62 Å². The van der Waals surface area contributed by atoms with E-state index >= 15 is 0 Å². The van der Waals surface area contributed by atoms with E-state index in [4.69, 9.17) is 23.2 Å². The van der Waals surface area contributed by atoms with Gasteiger partial charge in [0.15, 0.2) is 0 Å². The number of anilines is 1. The highest BCUT2D eigenvalue weighted by atomic mass is 35.5. The number of benzene rings is 2. The minimum absolute atomic E-state index is 0.0475. The van der Waals surface area contributed by atoms with Gasteiger partial charge in [-0.25, -0.2) is 8.42 Å². The second-order valence-corrected chi connectivity index (χ2v) is 11.7. The van der Waals surface area contributed by atoms with Gasteiger partial charge in [0, 0.05) is 28.2 Å². The van der Waals surface area contributed by atoms with Gasteiger partial charge >= 0.3 is 0 Å². The van der Waals surface area contributed by atoms with Gasteiger partial charge in [-0.3, -0.25) is 13.9 Å². The lowest BCUT2D eigenvalue weighted by atomic mass is 10.1. The average molecular weight is 557 g/mol. The fourth-order valence-electron chi connectivity index (χ4n) is 3.99. The van der Waals surface area contributed by atoms with Crippen LogP contribution in [0, 0.1) is 13.8 Å². The molecule has 0 fully saturated rings. The van der Waals surface area contributed by atoms with E-state index in [-0.39, 0.29) is 18.5 Å². The van der Waals surface area contributed by atoms with E-state index in [1.165, 1.54) is 4.90 Å². The summed E-state index contributed by atoms with van der Waals surface area (Å²) in [6.45, 7) is 8.70. The molecule has 0 aliphatic heterocycles. The molecule has 0 aliphatic carbocycles. The summed E-state index contributed by atoms with van der Waals surface area (Å²) in [5.41, 5.74) is 2.37. The third-order valence-electron chi connectivity index (χ3n) is 6.15. The van der Waals surface area contributed by atoms with Gasteiger partial charge in [-0.05, 0) is 56.9 Å². The molecule has 198 valence electrons. The van der Waals surface area contributed by atoms with Crippen LogP contribution in [0.2, 0.25) is 10.0 Å². The maximum absolute atomic E-state index is 13.8. The first kappa shape index (κ1) is 29.9. The summed E-state index contributed by atoms with van der Waals surface area (Å²) in [5, 5.41) is 3.64. The number of amides is 2. The standard InChI is InChI=1S/C26H35Cl2N3O4S/c1-7-19(5)29-26(33)23(8-2)30(15-20-21(27)13-10-14-22(20)28)24(32)16-31(36(6,34)35)25-17(3)11-9-12-18(25)4/h9-14,19,23H,7-8,15-16H2,1-6H3,(H,29,33)/t19-,23-/m0/s1. The van der Waals surface area contributed by atoms with Gasteiger partial charge in [-0.2, -0.15) is 0 Å². The molecule has 2 aromatic carbocycles. The summed E-state index contributed by atoms with van der Waals surface area (Å²) in [5.74, 6) is -0.855. The Bertz CT molecular complexity index is 1160. The summed E-state index contributed by atoms with van der Waals surface area (Å²) >= 11 is 12.8. The Morgan fingerprint density at radius 3 is 1.97 bits per heavy atom. The number of aryl methyl sites for hydroxylation is 2. The molecule has 2 aromatic rings. The molecule has 0 bridgehead atoms. The quantitative estimate of drug-likeness (QED) is 0.418. The maximum Gasteiger partial charge on any atom is 0.244 e. The van der Waals surface area contributed by atoms with Crippen LogP contribution in [0.1, 0.15) is 50.3 Å². The lowest BCUT2D eigenvalue weighted by molar-refractivity contribution is -0.140. The van der Waals surface area contributed by atoms with Gasteiger partial charge in [0.1, 0.15) is 12.6 Å². The highest BCUT2D eigenvalue weighted by Crippen LogP contribution is 2.29. The van der Waals surface area contributed by atoms with Crippen LogP contribution in [0.5, 0.6) is 0 Å². The lowest BCUT2D eigenvalue weighted by Crippen LogP contribution is -2.53. The molecule has 10 heteroatoms. The molecule has 0 saturated carbocycles. The van der Waals surface area contributed by atoms with Gasteiger partial charge < -0.3 is 10.2 Å². The van der Waals surface area contributed by atoms with Crippen molar-refractivity contribution < 1.29 is 18.0 Å². The van der Waals surface area contributed by atoms with Crippen LogP contribution in [0.4, 0.5) is 5.69 Å². The largest absolute Gasteiger partial charge is 0.352 e. The maximum atomic E-state index is 13.8. The number of nitrogens with one attached hydrogen (secondary N) is 1. The molecule has 0 radical (unpaired) electrons. The van der Waals surface area contributed by atoms with Crippen molar-refractivity contribution in [3.05, 3.63) is 63.1 Å². The first-order valence-corrected chi connectivity index (χ1v) is 14.5. The number of carbonyl (C=O) groups is 2. The Morgan fingerprint density at radius 2 is 1.50 bits per heavy atom. The number of carbonyl (C=O) groups excluding carboxylic acids is 2. The molecule has 1 N–H and O–H groups in total. The minimum Gasteiger partial charge on any atom is -0.352 e. The van der Waals surface area contributed by atoms with Crippen molar-refractivity contribution in [2.75, 3.05) is 17.1 Å². The number of hydrogen-bond donors (Lipinski definition) is 1. The molecular formula is C26H35Cl2N3O4S. The molecule has 2 amide bonds. The monoisotopic (exact) mass is 555 g/mol. The van der Waals surface area contributed by atoms with Crippen molar-refractivity contribution in [3.63, 3.8) is 0 Å². The smallest absolute Gasteiger partial charge is 0.244 e. The summed E-state index contributed by atoms with van der Waals surface area (Å²) in [6, 6.07) is 9.49. The van der Waals surface area contributed by atoms with Crippen LogP contribution in [0.25, 0.3) is 0 Å². The van der Waals surface area contributed by atoms with Crippen LogP contribution in [0.3, 0.4) is 0 Å². The average Bonchev–Trinajstić information content (AvgIpc) is 2.79. The normalized spacial score (nSPS) is 13.1. The number of sulfonamides is 1. The van der Waals surface area contributed by atoms with Gasteiger partial charge in [0.25, 0.3) is 0 Å². The van der Waals surface area contributed by atoms with Crippen LogP contribution in [0.15, 0.2) is 36.4 Å². The summed E-state index contributed by atoms with van der Waals surface area (Å²) in [4.78, 5) is 28.4. The first-order chi connectivity index (χ1) is 16.8. The molecule has 36 heavy (non-hydrogen) atoms. The minimum atomic E-state index is -3.82. The Balaban J connectivity index is 2.56. The second kappa shape index (κ2) is 12.8. The fraction of sp³-hybridized carbons (Fsp3) is 0.462. The van der Waals surface area contributed by atoms with Gasteiger partial charge in [-0.1, -0.05) is 61.3 Å². The molecule has 0 heterocycles. The molecule has 0 unspecified atom stereocenters.